The molecule has 0 aliphatic carbocycles. The molecule has 12 heteroatoms. The second-order valence-corrected chi connectivity index (χ2v) is 10.3. The number of ether oxygens (including phenoxy) is 1. The summed E-state index contributed by atoms with van der Waals surface area (Å²) in [4.78, 5) is 23.1. The van der Waals surface area contributed by atoms with E-state index >= 15 is 0 Å². The molecule has 156 valence electrons. The van der Waals surface area contributed by atoms with Gasteiger partial charge in [-0.2, -0.15) is 0 Å². The molecule has 0 bridgehead atoms. The minimum atomic E-state index is -2.47. The number of imidazole rings is 1. The number of carbonyl (C=O) groups is 1. The Bertz CT molecular complexity index is 961. The normalized spacial score (nSPS) is 31.5. The van der Waals surface area contributed by atoms with E-state index in [0.717, 1.165) is 0 Å². The highest BCUT2D eigenvalue weighted by molar-refractivity contribution is 8.32. The van der Waals surface area contributed by atoms with Gasteiger partial charge in [-0.05, 0) is 24.6 Å². The van der Waals surface area contributed by atoms with Gasteiger partial charge in [-0.3, -0.25) is 9.36 Å². The van der Waals surface area contributed by atoms with Crippen molar-refractivity contribution in [2.75, 3.05) is 29.7 Å². The van der Waals surface area contributed by atoms with Gasteiger partial charge in [0.1, 0.15) is 30.1 Å². The summed E-state index contributed by atoms with van der Waals surface area (Å²) in [5, 5.41) is 30.2. The number of aliphatic hydroxyl groups excluding tert-OH is 2. The lowest BCUT2D eigenvalue weighted by molar-refractivity contribution is -0.138. The van der Waals surface area contributed by atoms with Crippen LogP contribution in [0, 0.1) is 0 Å². The predicted molar refractivity (Wildman–Crippen MR) is 105 cm³/mol. The summed E-state index contributed by atoms with van der Waals surface area (Å²) in [5.41, 5.74) is 11.9. The van der Waals surface area contributed by atoms with Crippen LogP contribution < -0.4 is 11.5 Å². The van der Waals surface area contributed by atoms with Crippen LogP contribution in [0.3, 0.4) is 0 Å². The monoisotopic (exact) mass is 417 g/mol. The standard InChI is InChI=1S/C16H26N6O5S/c1-28(2,4-3-8(17)16(25)26)5-9-11(23)12(24)15(27-9)22-7-21-10-13(18)19-6-20-14(10)22/h6-9,11-12,15,23-24H,3-5,17H2,1-2H3,(H,25,26)(H2,18,19,20)/t8-,9+,11+,12+,15+/m0/s1/i1D3. The number of nitrogens with zero attached hydrogens (tertiary/aromatic N) is 4. The number of nitrogen functional groups attached to an aromatic ring is 1. The van der Waals surface area contributed by atoms with Crippen LogP contribution in [0.4, 0.5) is 5.82 Å². The second kappa shape index (κ2) is 7.79. The van der Waals surface area contributed by atoms with Gasteiger partial charge in [0.15, 0.2) is 17.7 Å². The number of aliphatic carboxylic acids is 1. The van der Waals surface area contributed by atoms with Crippen molar-refractivity contribution in [3.63, 3.8) is 0 Å². The Balaban J connectivity index is 1.83. The third-order valence-electron chi connectivity index (χ3n) is 4.73. The van der Waals surface area contributed by atoms with E-state index in [1.807, 2.05) is 0 Å². The Morgan fingerprint density at radius 3 is 2.86 bits per heavy atom. The van der Waals surface area contributed by atoms with E-state index < -0.39 is 52.8 Å². The predicted octanol–water partition coefficient (Wildman–Crippen LogP) is -1.11. The first-order valence-corrected chi connectivity index (χ1v) is 10.9. The van der Waals surface area contributed by atoms with Gasteiger partial charge in [0.05, 0.1) is 12.4 Å². The molecule has 7 N–H and O–H groups in total. The van der Waals surface area contributed by atoms with Gasteiger partial charge in [0.2, 0.25) is 0 Å². The van der Waals surface area contributed by atoms with Crippen molar-refractivity contribution in [2.24, 2.45) is 5.73 Å². The maximum atomic E-state index is 11.0. The lowest BCUT2D eigenvalue weighted by Crippen LogP contribution is -2.36. The van der Waals surface area contributed by atoms with Gasteiger partial charge in [-0.15, -0.1) is 0 Å². The van der Waals surface area contributed by atoms with Gasteiger partial charge in [0, 0.05) is 9.87 Å². The molecule has 1 aliphatic rings. The van der Waals surface area contributed by atoms with E-state index in [1.54, 1.807) is 6.26 Å². The van der Waals surface area contributed by atoms with Crippen LogP contribution in [0.15, 0.2) is 12.7 Å². The Morgan fingerprint density at radius 1 is 1.43 bits per heavy atom. The molecule has 0 saturated carbocycles. The number of carboxylic acids is 1. The average molecular weight is 418 g/mol. The van der Waals surface area contributed by atoms with Gasteiger partial charge < -0.3 is 31.5 Å². The Hall–Kier alpha value is -1.99. The number of nitrogens with two attached hydrogens (primary N) is 2. The van der Waals surface area contributed by atoms with Crippen LogP contribution in [-0.4, -0.2) is 89.1 Å². The first-order valence-electron chi connectivity index (χ1n) is 10.0. The molecule has 1 saturated heterocycles. The number of aliphatic hydroxyl groups is 2. The zero-order valence-corrected chi connectivity index (χ0v) is 16.0. The number of fused-ring (bicyclic) bond motifs is 1. The molecular formula is C16H26N6O5S. The smallest absolute Gasteiger partial charge is 0.320 e. The second-order valence-electron chi connectivity index (χ2n) is 7.01. The Labute approximate surface area is 167 Å². The molecular weight excluding hydrogens is 388 g/mol. The van der Waals surface area contributed by atoms with Crippen LogP contribution in [0.25, 0.3) is 11.2 Å². The Kier molecular flexibility index (Phi) is 4.71. The quantitative estimate of drug-likeness (QED) is 0.370. The van der Waals surface area contributed by atoms with Crippen molar-refractivity contribution >= 4 is 33.0 Å². The molecule has 11 nitrogen and oxygen atoms in total. The highest BCUT2D eigenvalue weighted by Gasteiger charge is 2.45. The molecule has 3 heterocycles. The number of anilines is 1. The fourth-order valence-corrected chi connectivity index (χ4v) is 5.05. The molecule has 1 aliphatic heterocycles. The topological polar surface area (TPSA) is 183 Å². The first kappa shape index (κ1) is 16.9. The zero-order chi connectivity index (χ0) is 23.1. The maximum Gasteiger partial charge on any atom is 0.320 e. The molecule has 0 spiro atoms. The van der Waals surface area contributed by atoms with Crippen molar-refractivity contribution in [1.29, 1.82) is 0 Å². The third-order valence-corrected chi connectivity index (χ3v) is 6.93. The van der Waals surface area contributed by atoms with Crippen LogP contribution in [-0.2, 0) is 9.53 Å². The lowest BCUT2D eigenvalue weighted by atomic mass is 10.1. The fraction of sp³-hybridized carbons (Fsp3) is 0.625. The highest BCUT2D eigenvalue weighted by atomic mass is 32.3. The van der Waals surface area contributed by atoms with E-state index in [0.29, 0.717) is 11.2 Å². The summed E-state index contributed by atoms with van der Waals surface area (Å²) in [6, 6.07) is -1.19. The molecule has 0 aromatic carbocycles. The summed E-state index contributed by atoms with van der Waals surface area (Å²) in [6.45, 7) is 0. The van der Waals surface area contributed by atoms with Crippen molar-refractivity contribution in [3.05, 3.63) is 12.7 Å². The molecule has 2 aromatic rings. The van der Waals surface area contributed by atoms with Gasteiger partial charge in [0.25, 0.3) is 0 Å². The van der Waals surface area contributed by atoms with E-state index in [2.05, 4.69) is 15.0 Å². The molecule has 0 amide bonds. The largest absolute Gasteiger partial charge is 0.480 e. The summed E-state index contributed by atoms with van der Waals surface area (Å²) in [7, 11) is -2.47. The van der Waals surface area contributed by atoms with Crippen LogP contribution in [0.2, 0.25) is 0 Å². The van der Waals surface area contributed by atoms with Crippen LogP contribution in [0.1, 0.15) is 16.8 Å². The summed E-state index contributed by atoms with van der Waals surface area (Å²) >= 11 is 0. The molecule has 2 aromatic heterocycles. The number of aromatic nitrogens is 4. The van der Waals surface area contributed by atoms with Crippen molar-refractivity contribution in [1.82, 2.24) is 19.5 Å². The molecule has 0 radical (unpaired) electrons. The number of hydrogen-bond acceptors (Lipinski definition) is 9. The highest BCUT2D eigenvalue weighted by Crippen LogP contribution is 2.45. The van der Waals surface area contributed by atoms with Crippen LogP contribution >= 0.6 is 10.0 Å². The lowest BCUT2D eigenvalue weighted by Gasteiger charge is -2.35. The Morgan fingerprint density at radius 2 is 2.18 bits per heavy atom. The molecule has 28 heavy (non-hydrogen) atoms. The first-order chi connectivity index (χ1) is 14.4. The molecule has 3 rings (SSSR count). The zero-order valence-electron chi connectivity index (χ0n) is 18.2. The third kappa shape index (κ3) is 4.05. The summed E-state index contributed by atoms with van der Waals surface area (Å²) < 4.78 is 31.2. The van der Waals surface area contributed by atoms with Crippen molar-refractivity contribution in [3.8, 4) is 0 Å². The number of rotatable bonds is 7. The van der Waals surface area contributed by atoms with E-state index in [-0.39, 0.29) is 23.7 Å². The summed E-state index contributed by atoms with van der Waals surface area (Å²) in [6.07, 6.45) is -3.13. The van der Waals surface area contributed by atoms with Crippen LogP contribution in [0.5, 0.6) is 0 Å². The van der Waals surface area contributed by atoms with E-state index in [1.165, 1.54) is 17.2 Å². The minimum Gasteiger partial charge on any atom is -0.480 e. The van der Waals surface area contributed by atoms with Gasteiger partial charge in [-0.1, -0.05) is 0 Å². The fourth-order valence-electron chi connectivity index (χ4n) is 3.11. The number of hydrogen-bond donors (Lipinski definition) is 5. The summed E-state index contributed by atoms with van der Waals surface area (Å²) in [5.74, 6) is -1.10. The average Bonchev–Trinajstić information content (AvgIpc) is 3.22. The van der Waals surface area contributed by atoms with E-state index in [4.69, 9.17) is 25.4 Å². The molecule has 1 fully saturated rings. The number of carboxylic acid groups (broad SMARTS) is 1. The van der Waals surface area contributed by atoms with Gasteiger partial charge in [-0.25, -0.2) is 25.0 Å². The minimum absolute atomic E-state index is 0.0310. The molecule has 1 unspecified atom stereocenters. The molecule has 6 atom stereocenters. The van der Waals surface area contributed by atoms with E-state index in [9.17, 15) is 15.0 Å². The van der Waals surface area contributed by atoms with Crippen molar-refractivity contribution in [2.45, 2.75) is 37.0 Å². The SMILES string of the molecule is [2H]C([2H])([2H])S(C)(CC[C@H](N)C(=O)O)C[C@H]1O[C@@H](n2cnc3c(N)ncnc32)[C@H](O)[C@@H]1O. The maximum absolute atomic E-state index is 11.0. The van der Waals surface area contributed by atoms with Gasteiger partial charge >= 0.3 is 5.97 Å². The van der Waals surface area contributed by atoms with Crippen molar-refractivity contribution < 1.29 is 29.0 Å².